The largest absolute Gasteiger partial charge is 0.264 e. The Balaban J connectivity index is 1.87. The van der Waals surface area contributed by atoms with E-state index in [2.05, 4.69) is 16.0 Å². The molecule has 4 aromatic rings. The molecule has 5 nitrogen and oxygen atoms in total. The van der Waals surface area contributed by atoms with Crippen LogP contribution in [0.2, 0.25) is 0 Å². The van der Waals surface area contributed by atoms with Crippen LogP contribution in [0.15, 0.2) is 66.4 Å². The summed E-state index contributed by atoms with van der Waals surface area (Å²) < 4.78 is 1.82. The lowest BCUT2D eigenvalue weighted by atomic mass is 10.1. The average molecular weight is 369 g/mol. The van der Waals surface area contributed by atoms with Crippen LogP contribution in [0.3, 0.4) is 0 Å². The number of para-hydroxylation sites is 1. The van der Waals surface area contributed by atoms with Crippen molar-refractivity contribution in [3.8, 4) is 23.0 Å². The smallest absolute Gasteiger partial charge is 0.134 e. The van der Waals surface area contributed by atoms with Gasteiger partial charge in [-0.05, 0) is 37.3 Å². The molecule has 0 radical (unpaired) electrons. The summed E-state index contributed by atoms with van der Waals surface area (Å²) in [6.45, 7) is 1.92. The van der Waals surface area contributed by atoms with Gasteiger partial charge in [0.1, 0.15) is 16.8 Å². The summed E-state index contributed by atoms with van der Waals surface area (Å²) in [6.07, 6.45) is 7.27. The fraction of sp³-hybridized carbons (Fsp3) is 0.0476. The second-order valence-corrected chi connectivity index (χ2v) is 6.78. The molecule has 4 rings (SSSR count). The molecule has 0 N–H and O–H groups in total. The molecule has 0 unspecified atom stereocenters. The van der Waals surface area contributed by atoms with Crippen molar-refractivity contribution < 1.29 is 0 Å². The molecule has 0 saturated heterocycles. The van der Waals surface area contributed by atoms with Crippen LogP contribution in [0, 0.1) is 18.3 Å². The minimum Gasteiger partial charge on any atom is -0.264 e. The Hall–Kier alpha value is -3.56. The summed E-state index contributed by atoms with van der Waals surface area (Å²) in [5.41, 5.74) is 4.88. The topological polar surface area (TPSA) is 67.4 Å². The summed E-state index contributed by atoms with van der Waals surface area (Å²) in [6, 6.07) is 16.0. The molecule has 3 heterocycles. The van der Waals surface area contributed by atoms with Gasteiger partial charge in [-0.25, -0.2) is 9.67 Å². The van der Waals surface area contributed by atoms with Crippen molar-refractivity contribution in [1.82, 2.24) is 19.7 Å². The molecule has 1 aromatic carbocycles. The van der Waals surface area contributed by atoms with Gasteiger partial charge in [-0.2, -0.15) is 10.4 Å². The highest BCUT2D eigenvalue weighted by molar-refractivity contribution is 7.11. The van der Waals surface area contributed by atoms with Crippen molar-refractivity contribution >= 4 is 23.0 Å². The molecule has 0 aliphatic carbocycles. The summed E-state index contributed by atoms with van der Waals surface area (Å²) in [5.74, 6) is 0. The number of aromatic nitrogens is 4. The first-order chi connectivity index (χ1) is 13.2. The van der Waals surface area contributed by atoms with E-state index in [9.17, 15) is 5.26 Å². The van der Waals surface area contributed by atoms with Gasteiger partial charge in [-0.15, -0.1) is 11.3 Å². The Morgan fingerprint density at radius 2 is 2.04 bits per heavy atom. The highest BCUT2D eigenvalue weighted by atomic mass is 32.1. The lowest BCUT2D eigenvalue weighted by molar-refractivity contribution is 0.884. The van der Waals surface area contributed by atoms with E-state index in [1.54, 1.807) is 12.4 Å². The van der Waals surface area contributed by atoms with Gasteiger partial charge in [0, 0.05) is 40.8 Å². The van der Waals surface area contributed by atoms with Gasteiger partial charge in [-0.1, -0.05) is 18.2 Å². The van der Waals surface area contributed by atoms with Crippen molar-refractivity contribution in [2.75, 3.05) is 0 Å². The Kier molecular flexibility index (Phi) is 4.60. The van der Waals surface area contributed by atoms with Gasteiger partial charge in [0.05, 0.1) is 11.3 Å². The molecule has 0 atom stereocenters. The normalized spacial score (nSPS) is 11.3. The molecule has 0 amide bonds. The van der Waals surface area contributed by atoms with Gasteiger partial charge in [0.2, 0.25) is 0 Å². The molecule has 27 heavy (non-hydrogen) atoms. The zero-order valence-electron chi connectivity index (χ0n) is 14.6. The zero-order chi connectivity index (χ0) is 18.6. The van der Waals surface area contributed by atoms with E-state index in [-0.39, 0.29) is 0 Å². The Morgan fingerprint density at radius 1 is 1.19 bits per heavy atom. The van der Waals surface area contributed by atoms with Crippen LogP contribution < -0.4 is 0 Å². The molecule has 0 spiro atoms. The minimum atomic E-state index is 0.519. The summed E-state index contributed by atoms with van der Waals surface area (Å²) >= 11 is 1.46. The number of benzene rings is 1. The van der Waals surface area contributed by atoms with Gasteiger partial charge in [-0.3, -0.25) is 4.98 Å². The van der Waals surface area contributed by atoms with E-state index < -0.39 is 0 Å². The number of aryl methyl sites for hydroxylation is 1. The Morgan fingerprint density at radius 3 is 2.70 bits per heavy atom. The maximum atomic E-state index is 9.64. The molecule has 0 aliphatic rings. The van der Waals surface area contributed by atoms with E-state index in [4.69, 9.17) is 5.10 Å². The van der Waals surface area contributed by atoms with Gasteiger partial charge in [0.15, 0.2) is 0 Å². The first-order valence-electron chi connectivity index (χ1n) is 8.34. The number of nitrogens with zero attached hydrogens (tertiary/aromatic N) is 5. The number of nitriles is 1. The standard InChI is InChI=1S/C21H15N5S/c1-15-14-27-21(24-15)17(11-22)10-18-13-26(19-7-3-2-4-8-19)25-20(18)16-6-5-9-23-12-16/h2-10,12-14H,1H3/b17-10+. The number of allylic oxidation sites excluding steroid dienone is 1. The quantitative estimate of drug-likeness (QED) is 0.486. The van der Waals surface area contributed by atoms with Crippen molar-refractivity contribution in [2.45, 2.75) is 6.92 Å². The number of hydrogen-bond acceptors (Lipinski definition) is 5. The lowest BCUT2D eigenvalue weighted by Crippen LogP contribution is -1.94. The third-order valence-electron chi connectivity index (χ3n) is 3.97. The van der Waals surface area contributed by atoms with Crippen LogP contribution in [0.5, 0.6) is 0 Å². The molecule has 0 fully saturated rings. The highest BCUT2D eigenvalue weighted by Crippen LogP contribution is 2.28. The number of hydrogen-bond donors (Lipinski definition) is 0. The Bertz CT molecular complexity index is 1130. The van der Waals surface area contributed by atoms with Crippen molar-refractivity contribution in [1.29, 1.82) is 5.26 Å². The maximum absolute atomic E-state index is 9.64. The van der Waals surface area contributed by atoms with Crippen LogP contribution in [0.4, 0.5) is 0 Å². The second-order valence-electron chi connectivity index (χ2n) is 5.92. The molecule has 0 saturated carbocycles. The first-order valence-corrected chi connectivity index (χ1v) is 9.22. The molecule has 130 valence electrons. The van der Waals surface area contributed by atoms with Crippen LogP contribution in [-0.4, -0.2) is 19.7 Å². The zero-order valence-corrected chi connectivity index (χ0v) is 15.4. The molecule has 0 aliphatic heterocycles. The van der Waals surface area contributed by atoms with E-state index >= 15 is 0 Å². The van der Waals surface area contributed by atoms with Gasteiger partial charge >= 0.3 is 0 Å². The predicted molar refractivity (Wildman–Crippen MR) is 107 cm³/mol. The van der Waals surface area contributed by atoms with Crippen molar-refractivity contribution in [3.05, 3.63) is 82.7 Å². The van der Waals surface area contributed by atoms with E-state index in [1.165, 1.54) is 11.3 Å². The number of thiazole rings is 1. The van der Waals surface area contributed by atoms with Crippen molar-refractivity contribution in [2.24, 2.45) is 0 Å². The minimum absolute atomic E-state index is 0.519. The van der Waals surface area contributed by atoms with Crippen LogP contribution in [0.25, 0.3) is 28.6 Å². The predicted octanol–water partition coefficient (Wildman–Crippen LogP) is 4.76. The van der Waals surface area contributed by atoms with Crippen LogP contribution in [-0.2, 0) is 0 Å². The second kappa shape index (κ2) is 7.36. The summed E-state index contributed by atoms with van der Waals surface area (Å²) in [4.78, 5) is 8.63. The number of rotatable bonds is 4. The fourth-order valence-electron chi connectivity index (χ4n) is 2.71. The van der Waals surface area contributed by atoms with Gasteiger partial charge < -0.3 is 0 Å². The molecular formula is C21H15N5S. The number of pyridine rings is 1. The third-order valence-corrected chi connectivity index (χ3v) is 4.96. The first kappa shape index (κ1) is 16.9. The summed E-state index contributed by atoms with van der Waals surface area (Å²) in [5, 5.41) is 17.0. The third kappa shape index (κ3) is 3.54. The SMILES string of the molecule is Cc1csc(/C(C#N)=C/c2cn(-c3ccccc3)nc2-c2cccnc2)n1. The average Bonchev–Trinajstić information content (AvgIpc) is 3.34. The van der Waals surface area contributed by atoms with E-state index in [1.807, 2.05) is 71.7 Å². The molecule has 6 heteroatoms. The highest BCUT2D eigenvalue weighted by Gasteiger charge is 2.14. The fourth-order valence-corrected chi connectivity index (χ4v) is 3.47. The van der Waals surface area contributed by atoms with Crippen LogP contribution >= 0.6 is 11.3 Å². The van der Waals surface area contributed by atoms with E-state index in [0.29, 0.717) is 10.6 Å². The monoisotopic (exact) mass is 369 g/mol. The van der Waals surface area contributed by atoms with Crippen LogP contribution in [0.1, 0.15) is 16.3 Å². The van der Waals surface area contributed by atoms with Crippen molar-refractivity contribution in [3.63, 3.8) is 0 Å². The summed E-state index contributed by atoms with van der Waals surface area (Å²) in [7, 11) is 0. The molecule has 3 aromatic heterocycles. The Labute approximate surface area is 160 Å². The maximum Gasteiger partial charge on any atom is 0.134 e. The lowest BCUT2D eigenvalue weighted by Gasteiger charge is -2.00. The van der Waals surface area contributed by atoms with E-state index in [0.717, 1.165) is 28.2 Å². The molecule has 0 bridgehead atoms. The van der Waals surface area contributed by atoms with Gasteiger partial charge in [0.25, 0.3) is 0 Å². The molecular weight excluding hydrogens is 354 g/mol.